The second-order valence-electron chi connectivity index (χ2n) is 7.79. The van der Waals surface area contributed by atoms with Crippen molar-refractivity contribution in [2.24, 2.45) is 0 Å². The minimum absolute atomic E-state index is 0.213. The van der Waals surface area contributed by atoms with E-state index >= 15 is 0 Å². The Morgan fingerprint density at radius 2 is 1.97 bits per heavy atom. The predicted octanol–water partition coefficient (Wildman–Crippen LogP) is 4.24. The van der Waals surface area contributed by atoms with Crippen molar-refractivity contribution in [2.45, 2.75) is 26.8 Å². The number of benzene rings is 1. The molecule has 1 saturated heterocycles. The third-order valence-corrected chi connectivity index (χ3v) is 6.76. The van der Waals surface area contributed by atoms with Crippen molar-refractivity contribution >= 4 is 51.7 Å². The predicted molar refractivity (Wildman–Crippen MR) is 141 cm³/mol. The van der Waals surface area contributed by atoms with E-state index in [9.17, 15) is 9.59 Å². The molecule has 1 amide bonds. The van der Waals surface area contributed by atoms with Gasteiger partial charge in [0.2, 0.25) is 0 Å². The fourth-order valence-electron chi connectivity index (χ4n) is 3.64. The molecule has 4 rings (SSSR count). The summed E-state index contributed by atoms with van der Waals surface area (Å²) in [4.78, 5) is 33.3. The second-order valence-corrected chi connectivity index (χ2v) is 9.47. The van der Waals surface area contributed by atoms with Crippen molar-refractivity contribution in [1.29, 1.82) is 0 Å². The third kappa shape index (κ3) is 5.22. The van der Waals surface area contributed by atoms with Crippen LogP contribution in [0.15, 0.2) is 58.4 Å². The van der Waals surface area contributed by atoms with Crippen LogP contribution in [0.3, 0.4) is 0 Å². The first-order valence-corrected chi connectivity index (χ1v) is 12.3. The van der Waals surface area contributed by atoms with Crippen LogP contribution < -0.4 is 10.9 Å². The number of pyridine rings is 1. The number of carbonyl (C=O) groups excluding carboxylic acids is 1. The summed E-state index contributed by atoms with van der Waals surface area (Å²) < 4.78 is 7.38. The van der Waals surface area contributed by atoms with Crippen LogP contribution in [0.5, 0.6) is 0 Å². The number of rotatable bonds is 9. The molecule has 7 nitrogen and oxygen atoms in total. The Kier molecular flexibility index (Phi) is 7.77. The number of thiocarbonyl (C=S) groups is 1. The Balaban J connectivity index is 1.68. The number of fused-ring (bicyclic) bond motifs is 1. The van der Waals surface area contributed by atoms with E-state index in [1.807, 2.05) is 56.3 Å². The van der Waals surface area contributed by atoms with Crippen LogP contribution >= 0.6 is 24.0 Å². The van der Waals surface area contributed by atoms with E-state index in [2.05, 4.69) is 5.32 Å². The maximum absolute atomic E-state index is 13.4. The quantitative estimate of drug-likeness (QED) is 0.271. The number of aryl methyl sites for hydroxylation is 1. The van der Waals surface area contributed by atoms with E-state index in [0.717, 1.165) is 17.5 Å². The molecule has 0 aliphatic carbocycles. The molecular weight excluding hydrogens is 468 g/mol. The van der Waals surface area contributed by atoms with Gasteiger partial charge in [0.25, 0.3) is 11.5 Å². The summed E-state index contributed by atoms with van der Waals surface area (Å²) in [5.41, 5.74) is 2.54. The highest BCUT2D eigenvalue weighted by atomic mass is 32.2. The molecule has 0 spiro atoms. The van der Waals surface area contributed by atoms with Gasteiger partial charge in [-0.1, -0.05) is 60.4 Å². The van der Waals surface area contributed by atoms with Crippen LogP contribution in [0.2, 0.25) is 0 Å². The molecule has 0 unspecified atom stereocenters. The zero-order valence-electron chi connectivity index (χ0n) is 19.1. The first-order chi connectivity index (χ1) is 16.5. The minimum Gasteiger partial charge on any atom is -0.382 e. The van der Waals surface area contributed by atoms with Crippen molar-refractivity contribution in [1.82, 2.24) is 14.3 Å². The normalized spacial score (nSPS) is 15.0. The minimum atomic E-state index is -0.241. The highest BCUT2D eigenvalue weighted by Gasteiger charge is 2.32. The maximum Gasteiger partial charge on any atom is 0.267 e. The average molecular weight is 495 g/mol. The summed E-state index contributed by atoms with van der Waals surface area (Å²) in [6.07, 6.45) is 4.06. The number of nitrogens with zero attached hydrogens (tertiary/aromatic N) is 3. The molecule has 1 aliphatic heterocycles. The molecule has 9 heteroatoms. The van der Waals surface area contributed by atoms with Crippen LogP contribution in [-0.4, -0.2) is 44.3 Å². The number of amides is 1. The SMILES string of the molecule is CCOCCCNc1nc2c(C)cccn2c(=O)c1/C=C1/SC(=S)N(Cc2ccccc2)C1=O. The lowest BCUT2D eigenvalue weighted by atomic mass is 10.2. The molecule has 3 aromatic rings. The lowest BCUT2D eigenvalue weighted by Gasteiger charge is -2.14. The zero-order chi connectivity index (χ0) is 24.1. The molecule has 3 heterocycles. The highest BCUT2D eigenvalue weighted by Crippen LogP contribution is 2.34. The third-order valence-electron chi connectivity index (χ3n) is 5.38. The molecule has 176 valence electrons. The van der Waals surface area contributed by atoms with Crippen LogP contribution in [0.25, 0.3) is 11.7 Å². The number of nitrogens with one attached hydrogen (secondary N) is 1. The zero-order valence-corrected chi connectivity index (χ0v) is 20.7. The second kappa shape index (κ2) is 10.9. The molecule has 0 atom stereocenters. The molecule has 0 bridgehead atoms. The van der Waals surface area contributed by atoms with E-state index in [4.69, 9.17) is 21.9 Å². The Hall–Kier alpha value is -3.01. The Morgan fingerprint density at radius 3 is 2.74 bits per heavy atom. The van der Waals surface area contributed by atoms with Crippen molar-refractivity contribution in [3.05, 3.63) is 80.6 Å². The van der Waals surface area contributed by atoms with E-state index in [1.54, 1.807) is 17.2 Å². The van der Waals surface area contributed by atoms with E-state index < -0.39 is 0 Å². The first-order valence-electron chi connectivity index (χ1n) is 11.1. The molecule has 1 aromatic carbocycles. The van der Waals surface area contributed by atoms with Crippen LogP contribution in [0.4, 0.5) is 5.82 Å². The molecule has 2 aromatic heterocycles. The van der Waals surface area contributed by atoms with Gasteiger partial charge in [-0.15, -0.1) is 0 Å². The van der Waals surface area contributed by atoms with Gasteiger partial charge in [0, 0.05) is 26.0 Å². The van der Waals surface area contributed by atoms with Gasteiger partial charge in [-0.3, -0.25) is 18.9 Å². The number of carbonyl (C=O) groups is 1. The molecule has 0 radical (unpaired) electrons. The summed E-state index contributed by atoms with van der Waals surface area (Å²) in [6, 6.07) is 13.4. The topological polar surface area (TPSA) is 75.9 Å². The van der Waals surface area contributed by atoms with Gasteiger partial charge in [-0.05, 0) is 43.5 Å². The lowest BCUT2D eigenvalue weighted by Crippen LogP contribution is -2.27. The number of thioether (sulfide) groups is 1. The van der Waals surface area contributed by atoms with Crippen molar-refractivity contribution < 1.29 is 9.53 Å². The largest absolute Gasteiger partial charge is 0.382 e. The van der Waals surface area contributed by atoms with E-state index in [1.165, 1.54) is 16.2 Å². The fraction of sp³-hybridized carbons (Fsp3) is 0.280. The van der Waals surface area contributed by atoms with Crippen LogP contribution in [0, 0.1) is 6.92 Å². The van der Waals surface area contributed by atoms with Gasteiger partial charge < -0.3 is 10.1 Å². The fourth-order valence-corrected chi connectivity index (χ4v) is 4.87. The molecule has 1 fully saturated rings. The molecule has 0 saturated carbocycles. The summed E-state index contributed by atoms with van der Waals surface area (Å²) in [5.74, 6) is 0.235. The van der Waals surface area contributed by atoms with Gasteiger partial charge in [-0.25, -0.2) is 4.98 Å². The molecule has 1 aliphatic rings. The Labute approximate surface area is 207 Å². The van der Waals surface area contributed by atoms with Gasteiger partial charge in [0.05, 0.1) is 17.0 Å². The Morgan fingerprint density at radius 1 is 1.18 bits per heavy atom. The number of hydrogen-bond donors (Lipinski definition) is 1. The van der Waals surface area contributed by atoms with Gasteiger partial charge in [0.15, 0.2) is 0 Å². The maximum atomic E-state index is 13.4. The first kappa shape index (κ1) is 24.1. The Bertz CT molecular complexity index is 1300. The number of ether oxygens (including phenoxy) is 1. The monoisotopic (exact) mass is 494 g/mol. The lowest BCUT2D eigenvalue weighted by molar-refractivity contribution is -0.122. The number of hydrogen-bond acceptors (Lipinski definition) is 7. The van der Waals surface area contributed by atoms with Gasteiger partial charge in [-0.2, -0.15) is 0 Å². The van der Waals surface area contributed by atoms with Crippen LogP contribution in [-0.2, 0) is 16.1 Å². The van der Waals surface area contributed by atoms with Crippen molar-refractivity contribution in [2.75, 3.05) is 25.1 Å². The average Bonchev–Trinajstić information content (AvgIpc) is 3.10. The van der Waals surface area contributed by atoms with Crippen LogP contribution in [0.1, 0.15) is 30.0 Å². The summed E-state index contributed by atoms with van der Waals surface area (Å²) >= 11 is 6.68. The van der Waals surface area contributed by atoms with E-state index in [-0.39, 0.29) is 11.5 Å². The summed E-state index contributed by atoms with van der Waals surface area (Å²) in [7, 11) is 0. The highest BCUT2D eigenvalue weighted by molar-refractivity contribution is 8.26. The standard InChI is InChI=1S/C25H26N4O3S2/c1-3-32-14-8-12-26-21-19(23(30)28-13-7-9-17(2)22(28)27-21)15-20-24(31)29(25(33)34-20)16-18-10-5-4-6-11-18/h4-7,9-11,13,15,26H,3,8,12,14,16H2,1-2H3/b20-15+. The van der Waals surface area contributed by atoms with Crippen molar-refractivity contribution in [3.8, 4) is 0 Å². The van der Waals surface area contributed by atoms with Gasteiger partial charge >= 0.3 is 0 Å². The molecule has 34 heavy (non-hydrogen) atoms. The van der Waals surface area contributed by atoms with E-state index in [0.29, 0.717) is 52.6 Å². The summed E-state index contributed by atoms with van der Waals surface area (Å²) in [6.45, 7) is 6.11. The number of aromatic nitrogens is 2. The smallest absolute Gasteiger partial charge is 0.267 e. The summed E-state index contributed by atoms with van der Waals surface area (Å²) in [5, 5.41) is 3.27. The van der Waals surface area contributed by atoms with Gasteiger partial charge in [0.1, 0.15) is 15.8 Å². The molecule has 1 N–H and O–H groups in total. The van der Waals surface area contributed by atoms with Crippen molar-refractivity contribution in [3.63, 3.8) is 0 Å². The number of anilines is 1. The molecular formula is C25H26N4O3S2.